The standard InChI is InChI=1S/C13H23NO5/c1-2-3-6-11(13(16)17)9-14(10-15)19-12-7-4-5-8-18-12/h10-12H,2-9H2,1H3,(H,16,17)/t11?,12-/m1/s1. The Hall–Kier alpha value is -1.14. The normalized spacial score (nSPS) is 20.8. The molecule has 1 fully saturated rings. The van der Waals surface area contributed by atoms with Crippen LogP contribution in [0.2, 0.25) is 0 Å². The second-order valence-electron chi connectivity index (χ2n) is 4.78. The zero-order valence-corrected chi connectivity index (χ0v) is 11.4. The molecule has 1 N–H and O–H groups in total. The van der Waals surface area contributed by atoms with E-state index in [9.17, 15) is 9.59 Å². The summed E-state index contributed by atoms with van der Waals surface area (Å²) in [4.78, 5) is 27.5. The molecule has 2 atom stereocenters. The Morgan fingerprint density at radius 3 is 2.89 bits per heavy atom. The molecule has 0 aromatic carbocycles. The van der Waals surface area contributed by atoms with Gasteiger partial charge < -0.3 is 9.84 Å². The average Bonchev–Trinajstić information content (AvgIpc) is 2.42. The smallest absolute Gasteiger partial charge is 0.308 e. The number of aliphatic carboxylic acids is 1. The highest BCUT2D eigenvalue weighted by Crippen LogP contribution is 2.16. The van der Waals surface area contributed by atoms with Gasteiger partial charge >= 0.3 is 5.97 Å². The van der Waals surface area contributed by atoms with Crippen molar-refractivity contribution in [2.75, 3.05) is 13.2 Å². The van der Waals surface area contributed by atoms with Gasteiger partial charge in [-0.2, -0.15) is 0 Å². The van der Waals surface area contributed by atoms with E-state index in [4.69, 9.17) is 14.7 Å². The molecule has 19 heavy (non-hydrogen) atoms. The van der Waals surface area contributed by atoms with Crippen molar-refractivity contribution in [1.29, 1.82) is 0 Å². The molecule has 0 aromatic heterocycles. The number of hydroxylamine groups is 2. The molecule has 0 saturated carbocycles. The van der Waals surface area contributed by atoms with E-state index in [0.717, 1.165) is 37.2 Å². The van der Waals surface area contributed by atoms with Gasteiger partial charge in [0.05, 0.1) is 12.5 Å². The molecule has 1 amide bonds. The quantitative estimate of drug-likeness (QED) is 0.512. The summed E-state index contributed by atoms with van der Waals surface area (Å²) in [7, 11) is 0. The Kier molecular flexibility index (Phi) is 7.43. The Labute approximate surface area is 113 Å². The lowest BCUT2D eigenvalue weighted by Crippen LogP contribution is -2.37. The molecule has 0 aromatic rings. The third-order valence-corrected chi connectivity index (χ3v) is 3.16. The van der Waals surface area contributed by atoms with E-state index < -0.39 is 18.2 Å². The van der Waals surface area contributed by atoms with Gasteiger partial charge in [-0.05, 0) is 19.3 Å². The van der Waals surface area contributed by atoms with E-state index in [-0.39, 0.29) is 6.54 Å². The van der Waals surface area contributed by atoms with Crippen molar-refractivity contribution in [1.82, 2.24) is 5.06 Å². The van der Waals surface area contributed by atoms with Gasteiger partial charge in [-0.3, -0.25) is 9.59 Å². The molecular weight excluding hydrogens is 250 g/mol. The van der Waals surface area contributed by atoms with Gasteiger partial charge in [-0.15, -0.1) is 0 Å². The lowest BCUT2D eigenvalue weighted by molar-refractivity contribution is -0.276. The summed E-state index contributed by atoms with van der Waals surface area (Å²) < 4.78 is 5.36. The summed E-state index contributed by atoms with van der Waals surface area (Å²) in [6, 6.07) is 0. The van der Waals surface area contributed by atoms with Crippen LogP contribution >= 0.6 is 0 Å². The zero-order chi connectivity index (χ0) is 14.1. The molecule has 0 aliphatic carbocycles. The molecule has 1 rings (SSSR count). The molecule has 110 valence electrons. The number of nitrogens with zero attached hydrogens (tertiary/aromatic N) is 1. The van der Waals surface area contributed by atoms with E-state index >= 15 is 0 Å². The van der Waals surface area contributed by atoms with Crippen LogP contribution in [0, 0.1) is 5.92 Å². The third-order valence-electron chi connectivity index (χ3n) is 3.16. The van der Waals surface area contributed by atoms with Gasteiger partial charge in [-0.25, -0.2) is 9.90 Å². The Morgan fingerprint density at radius 2 is 2.37 bits per heavy atom. The molecule has 1 aliphatic rings. The first-order chi connectivity index (χ1) is 9.17. The minimum Gasteiger partial charge on any atom is -0.481 e. The van der Waals surface area contributed by atoms with E-state index in [1.165, 1.54) is 0 Å². The average molecular weight is 273 g/mol. The van der Waals surface area contributed by atoms with Crippen LogP contribution in [0.5, 0.6) is 0 Å². The lowest BCUT2D eigenvalue weighted by atomic mass is 10.0. The predicted octanol–water partition coefficient (Wildman–Crippen LogP) is 1.79. The van der Waals surface area contributed by atoms with Gasteiger partial charge in [0, 0.05) is 13.0 Å². The summed E-state index contributed by atoms with van der Waals surface area (Å²) in [5, 5.41) is 10.2. The van der Waals surface area contributed by atoms with Crippen molar-refractivity contribution in [3.8, 4) is 0 Å². The molecule has 6 heteroatoms. The van der Waals surface area contributed by atoms with Crippen LogP contribution in [0.25, 0.3) is 0 Å². The first-order valence-corrected chi connectivity index (χ1v) is 6.90. The Bertz CT molecular complexity index is 278. The number of carbonyl (C=O) groups excluding carboxylic acids is 1. The van der Waals surface area contributed by atoms with E-state index in [2.05, 4.69) is 0 Å². The first kappa shape index (κ1) is 15.9. The monoisotopic (exact) mass is 273 g/mol. The van der Waals surface area contributed by atoms with E-state index in [0.29, 0.717) is 19.4 Å². The summed E-state index contributed by atoms with van der Waals surface area (Å²) in [5.74, 6) is -1.48. The summed E-state index contributed by atoms with van der Waals surface area (Å²) in [6.45, 7) is 2.69. The fourth-order valence-electron chi connectivity index (χ4n) is 2.02. The van der Waals surface area contributed by atoms with Gasteiger partial charge in [0.1, 0.15) is 0 Å². The first-order valence-electron chi connectivity index (χ1n) is 6.90. The molecule has 0 spiro atoms. The molecule has 6 nitrogen and oxygen atoms in total. The fraction of sp³-hybridized carbons (Fsp3) is 0.846. The van der Waals surface area contributed by atoms with Crippen LogP contribution in [0.4, 0.5) is 0 Å². The van der Waals surface area contributed by atoms with Crippen LogP contribution in [0.15, 0.2) is 0 Å². The van der Waals surface area contributed by atoms with Crippen LogP contribution < -0.4 is 0 Å². The third kappa shape index (κ3) is 6.02. The van der Waals surface area contributed by atoms with Crippen LogP contribution in [0.3, 0.4) is 0 Å². The molecule has 1 aliphatic heterocycles. The minimum absolute atomic E-state index is 0.0681. The maximum Gasteiger partial charge on any atom is 0.308 e. The van der Waals surface area contributed by atoms with Crippen molar-refractivity contribution >= 4 is 12.4 Å². The Balaban J connectivity index is 2.43. The van der Waals surface area contributed by atoms with Crippen LogP contribution in [0.1, 0.15) is 45.4 Å². The molecule has 1 unspecified atom stereocenters. The molecule has 0 bridgehead atoms. The number of rotatable bonds is 9. The molecule has 0 radical (unpaired) electrons. The summed E-state index contributed by atoms with van der Waals surface area (Å²) >= 11 is 0. The van der Waals surface area contributed by atoms with Crippen molar-refractivity contribution in [3.63, 3.8) is 0 Å². The maximum absolute atomic E-state index is 11.1. The van der Waals surface area contributed by atoms with Gasteiger partial charge in [0.15, 0.2) is 6.29 Å². The lowest BCUT2D eigenvalue weighted by Gasteiger charge is -2.28. The number of hydrogen-bond acceptors (Lipinski definition) is 4. The number of amides is 1. The summed E-state index contributed by atoms with van der Waals surface area (Å²) in [6.07, 6.45) is 5.12. The number of unbranched alkanes of at least 4 members (excludes halogenated alkanes) is 1. The minimum atomic E-state index is -0.895. The van der Waals surface area contributed by atoms with Gasteiger partial charge in [-0.1, -0.05) is 19.8 Å². The number of carboxylic acids is 1. The highest BCUT2D eigenvalue weighted by atomic mass is 16.8. The van der Waals surface area contributed by atoms with Crippen LogP contribution in [-0.2, 0) is 19.2 Å². The van der Waals surface area contributed by atoms with Crippen molar-refractivity contribution in [2.45, 2.75) is 51.7 Å². The van der Waals surface area contributed by atoms with Crippen molar-refractivity contribution in [2.24, 2.45) is 5.92 Å². The topological polar surface area (TPSA) is 76.1 Å². The predicted molar refractivity (Wildman–Crippen MR) is 68.1 cm³/mol. The fourth-order valence-corrected chi connectivity index (χ4v) is 2.02. The number of ether oxygens (including phenoxy) is 1. The Morgan fingerprint density at radius 1 is 1.58 bits per heavy atom. The van der Waals surface area contributed by atoms with Crippen molar-refractivity contribution in [3.05, 3.63) is 0 Å². The number of carboxylic acid groups (broad SMARTS) is 1. The SMILES string of the molecule is CCCCC(CN(C=O)O[C@@H]1CCCCO1)C(=O)O. The second-order valence-corrected chi connectivity index (χ2v) is 4.78. The molecule has 1 heterocycles. The van der Waals surface area contributed by atoms with E-state index in [1.807, 2.05) is 6.92 Å². The second kappa shape index (κ2) is 8.87. The highest BCUT2D eigenvalue weighted by molar-refractivity contribution is 5.70. The van der Waals surface area contributed by atoms with Crippen molar-refractivity contribution < 1.29 is 24.3 Å². The molecular formula is C13H23NO5. The van der Waals surface area contributed by atoms with Gasteiger partial charge in [0.25, 0.3) is 0 Å². The van der Waals surface area contributed by atoms with Crippen LogP contribution in [-0.4, -0.2) is 42.0 Å². The maximum atomic E-state index is 11.1. The highest BCUT2D eigenvalue weighted by Gasteiger charge is 2.24. The summed E-state index contributed by atoms with van der Waals surface area (Å²) in [5.41, 5.74) is 0. The van der Waals surface area contributed by atoms with E-state index in [1.54, 1.807) is 0 Å². The largest absolute Gasteiger partial charge is 0.481 e. The van der Waals surface area contributed by atoms with Gasteiger partial charge in [0.2, 0.25) is 6.41 Å². The molecule has 1 saturated heterocycles. The number of hydrogen-bond donors (Lipinski definition) is 1. The zero-order valence-electron chi connectivity index (χ0n) is 11.4. The number of carbonyl (C=O) groups is 2.